The zero-order valence-corrected chi connectivity index (χ0v) is 16.6. The van der Waals surface area contributed by atoms with Gasteiger partial charge < -0.3 is 5.11 Å². The van der Waals surface area contributed by atoms with E-state index in [0.29, 0.717) is 24.8 Å². The maximum Gasteiger partial charge on any atom is 0.187 e. The minimum absolute atomic E-state index is 0.0572. The molecule has 0 aromatic heterocycles. The first kappa shape index (κ1) is 19.6. The molecule has 4 rings (SSSR count). The van der Waals surface area contributed by atoms with Gasteiger partial charge in [-0.1, -0.05) is 13.8 Å². The van der Waals surface area contributed by atoms with E-state index >= 15 is 4.39 Å². The van der Waals surface area contributed by atoms with Crippen molar-refractivity contribution in [2.24, 2.45) is 34.5 Å². The van der Waals surface area contributed by atoms with Gasteiger partial charge in [-0.15, -0.1) is 0 Å². The molecular formula is C22H27FO5. The highest BCUT2D eigenvalue weighted by Gasteiger charge is 2.74. The van der Waals surface area contributed by atoms with Gasteiger partial charge in [0.1, 0.15) is 6.61 Å². The average molecular weight is 390 g/mol. The van der Waals surface area contributed by atoms with Crippen LogP contribution in [0.1, 0.15) is 52.9 Å². The molecule has 0 radical (unpaired) electrons. The van der Waals surface area contributed by atoms with E-state index in [0.717, 1.165) is 0 Å². The minimum atomic E-state index is -2.34. The van der Waals surface area contributed by atoms with Gasteiger partial charge in [-0.25, -0.2) is 4.39 Å². The van der Waals surface area contributed by atoms with Gasteiger partial charge in [-0.3, -0.25) is 19.2 Å². The molecule has 4 aliphatic rings. The monoisotopic (exact) mass is 390 g/mol. The average Bonchev–Trinajstić information content (AvgIpc) is 2.87. The molecule has 0 saturated heterocycles. The SMILES string of the molecule is CC1C[C@H]2[C@@H]3CCC4=CC(=O)CC(=O)[C@]4(C)[C@@]3(F)C(=O)C[C@]2(C)[C@H]1C(=O)CO. The van der Waals surface area contributed by atoms with Crippen molar-refractivity contribution in [3.05, 3.63) is 11.6 Å². The molecule has 1 N–H and O–H groups in total. The second kappa shape index (κ2) is 5.91. The van der Waals surface area contributed by atoms with Gasteiger partial charge in [-0.2, -0.15) is 0 Å². The minimum Gasteiger partial charge on any atom is -0.389 e. The number of hydrogen-bond acceptors (Lipinski definition) is 5. The van der Waals surface area contributed by atoms with Gasteiger partial charge in [-0.05, 0) is 55.1 Å². The summed E-state index contributed by atoms with van der Waals surface area (Å²) in [6, 6.07) is 0. The first-order valence-electron chi connectivity index (χ1n) is 10.1. The van der Waals surface area contributed by atoms with Crippen molar-refractivity contribution in [3.8, 4) is 0 Å². The molecule has 1 unspecified atom stereocenters. The molecule has 0 heterocycles. The number of aliphatic hydroxyl groups excluding tert-OH is 1. The lowest BCUT2D eigenvalue weighted by Gasteiger charge is -2.59. The highest BCUT2D eigenvalue weighted by molar-refractivity contribution is 6.14. The quantitative estimate of drug-likeness (QED) is 0.732. The van der Waals surface area contributed by atoms with Crippen LogP contribution in [-0.2, 0) is 19.2 Å². The van der Waals surface area contributed by atoms with Crippen LogP contribution in [0.3, 0.4) is 0 Å². The molecule has 0 aliphatic heterocycles. The van der Waals surface area contributed by atoms with Crippen molar-refractivity contribution in [1.29, 1.82) is 0 Å². The van der Waals surface area contributed by atoms with Crippen LogP contribution in [0.15, 0.2) is 11.6 Å². The van der Waals surface area contributed by atoms with Crippen molar-refractivity contribution in [3.63, 3.8) is 0 Å². The number of fused-ring (bicyclic) bond motifs is 5. The number of alkyl halides is 1. The van der Waals surface area contributed by atoms with Gasteiger partial charge in [0.05, 0.1) is 11.8 Å². The molecule has 3 saturated carbocycles. The molecular weight excluding hydrogens is 363 g/mol. The Kier molecular flexibility index (Phi) is 4.14. The summed E-state index contributed by atoms with van der Waals surface area (Å²) in [5.41, 5.74) is -4.19. The Morgan fingerprint density at radius 3 is 2.54 bits per heavy atom. The van der Waals surface area contributed by atoms with E-state index in [9.17, 15) is 24.3 Å². The Balaban J connectivity index is 1.84. The Hall–Kier alpha value is -1.69. The summed E-state index contributed by atoms with van der Waals surface area (Å²) in [4.78, 5) is 50.5. The third-order valence-electron chi connectivity index (χ3n) is 8.52. The lowest BCUT2D eigenvalue weighted by molar-refractivity contribution is -0.178. The fourth-order valence-corrected chi connectivity index (χ4v) is 7.32. The molecule has 7 atom stereocenters. The van der Waals surface area contributed by atoms with E-state index in [-0.39, 0.29) is 36.2 Å². The van der Waals surface area contributed by atoms with E-state index < -0.39 is 46.5 Å². The summed E-state index contributed by atoms with van der Waals surface area (Å²) < 4.78 is 16.8. The predicted octanol–water partition coefficient (Wildman–Crippen LogP) is 2.39. The number of carbonyl (C=O) groups excluding carboxylic acids is 4. The summed E-state index contributed by atoms with van der Waals surface area (Å²) in [6.07, 6.45) is 2.29. The van der Waals surface area contributed by atoms with Crippen LogP contribution in [-0.4, -0.2) is 40.5 Å². The Labute approximate surface area is 163 Å². The lowest BCUT2D eigenvalue weighted by atomic mass is 9.44. The highest BCUT2D eigenvalue weighted by atomic mass is 19.1. The molecule has 4 aliphatic carbocycles. The predicted molar refractivity (Wildman–Crippen MR) is 98.0 cm³/mol. The summed E-state index contributed by atoms with van der Waals surface area (Å²) in [5.74, 6) is -3.16. The van der Waals surface area contributed by atoms with E-state index in [1.807, 2.05) is 13.8 Å². The molecule has 6 heteroatoms. The zero-order valence-electron chi connectivity index (χ0n) is 16.6. The van der Waals surface area contributed by atoms with Crippen molar-refractivity contribution >= 4 is 23.1 Å². The Morgan fingerprint density at radius 2 is 1.89 bits per heavy atom. The number of allylic oxidation sites excluding steroid dienone is 1. The highest BCUT2D eigenvalue weighted by Crippen LogP contribution is 2.68. The maximum atomic E-state index is 16.8. The third kappa shape index (κ3) is 2.10. The molecule has 5 nitrogen and oxygen atoms in total. The number of halogens is 1. The fraction of sp³-hybridized carbons (Fsp3) is 0.727. The molecule has 3 fully saturated rings. The lowest BCUT2D eigenvalue weighted by Crippen LogP contribution is -2.68. The van der Waals surface area contributed by atoms with Crippen LogP contribution in [0.4, 0.5) is 4.39 Å². The normalized spacial score (nSPS) is 47.9. The zero-order chi connectivity index (χ0) is 20.6. The van der Waals surface area contributed by atoms with Crippen LogP contribution < -0.4 is 0 Å². The molecule has 0 bridgehead atoms. The molecule has 152 valence electrons. The van der Waals surface area contributed by atoms with Crippen LogP contribution >= 0.6 is 0 Å². The molecule has 0 spiro atoms. The van der Waals surface area contributed by atoms with Crippen molar-refractivity contribution in [2.75, 3.05) is 6.61 Å². The van der Waals surface area contributed by atoms with Gasteiger partial charge in [0.15, 0.2) is 28.8 Å². The van der Waals surface area contributed by atoms with Gasteiger partial charge in [0, 0.05) is 18.3 Å². The molecule has 0 amide bonds. The van der Waals surface area contributed by atoms with Gasteiger partial charge >= 0.3 is 0 Å². The topological polar surface area (TPSA) is 88.5 Å². The third-order valence-corrected chi connectivity index (χ3v) is 8.52. The summed E-state index contributed by atoms with van der Waals surface area (Å²) in [6.45, 7) is 4.71. The van der Waals surface area contributed by atoms with E-state index in [1.54, 1.807) is 0 Å². The van der Waals surface area contributed by atoms with Crippen LogP contribution in [0.2, 0.25) is 0 Å². The Bertz CT molecular complexity index is 831. The number of rotatable bonds is 2. The van der Waals surface area contributed by atoms with E-state index in [1.165, 1.54) is 13.0 Å². The maximum absolute atomic E-state index is 16.8. The van der Waals surface area contributed by atoms with Crippen LogP contribution in [0.5, 0.6) is 0 Å². The number of aliphatic hydroxyl groups is 1. The first-order chi connectivity index (χ1) is 13.0. The van der Waals surface area contributed by atoms with Crippen LogP contribution in [0, 0.1) is 34.5 Å². The second-order valence-corrected chi connectivity index (χ2v) is 9.75. The molecule has 28 heavy (non-hydrogen) atoms. The van der Waals surface area contributed by atoms with Crippen molar-refractivity contribution in [1.82, 2.24) is 0 Å². The summed E-state index contributed by atoms with van der Waals surface area (Å²) in [7, 11) is 0. The van der Waals surface area contributed by atoms with Gasteiger partial charge in [0.2, 0.25) is 0 Å². The Morgan fingerprint density at radius 1 is 1.21 bits per heavy atom. The van der Waals surface area contributed by atoms with Crippen molar-refractivity contribution < 1.29 is 28.7 Å². The van der Waals surface area contributed by atoms with E-state index in [2.05, 4.69) is 0 Å². The standard InChI is InChI=1S/C22H27FO5/c1-11-6-15-14-5-4-12-7-13(25)8-17(27)21(12,3)22(14,23)18(28)9-20(15,2)19(11)16(26)10-24/h7,11,14-15,19,24H,4-6,8-10H2,1-3H3/t11?,14-,15-,19+,20-,21+,22-/m0/s1. The fourth-order valence-electron chi connectivity index (χ4n) is 7.32. The second-order valence-electron chi connectivity index (χ2n) is 9.75. The molecule has 0 aromatic rings. The number of hydrogen-bond donors (Lipinski definition) is 1. The smallest absolute Gasteiger partial charge is 0.187 e. The number of carbonyl (C=O) groups is 4. The number of ketones is 4. The largest absolute Gasteiger partial charge is 0.389 e. The molecule has 0 aromatic carbocycles. The summed E-state index contributed by atoms with van der Waals surface area (Å²) >= 11 is 0. The number of Topliss-reactive ketones (excluding diaryl/α,β-unsaturated/α-hetero) is 3. The van der Waals surface area contributed by atoms with Crippen molar-refractivity contribution in [2.45, 2.75) is 58.5 Å². The first-order valence-corrected chi connectivity index (χ1v) is 10.1. The van der Waals surface area contributed by atoms with Gasteiger partial charge in [0.25, 0.3) is 0 Å². The van der Waals surface area contributed by atoms with Crippen LogP contribution in [0.25, 0.3) is 0 Å². The summed E-state index contributed by atoms with van der Waals surface area (Å²) in [5, 5.41) is 9.43. The van der Waals surface area contributed by atoms with E-state index in [4.69, 9.17) is 0 Å².